The molecule has 1 aliphatic rings. The van der Waals surface area contributed by atoms with E-state index in [-0.39, 0.29) is 5.91 Å². The van der Waals surface area contributed by atoms with E-state index in [2.05, 4.69) is 27.0 Å². The van der Waals surface area contributed by atoms with Crippen molar-refractivity contribution >= 4 is 28.6 Å². The van der Waals surface area contributed by atoms with E-state index in [1.807, 2.05) is 12.1 Å². The van der Waals surface area contributed by atoms with Crippen molar-refractivity contribution in [2.75, 3.05) is 17.7 Å². The van der Waals surface area contributed by atoms with Crippen molar-refractivity contribution in [3.8, 4) is 0 Å². The maximum absolute atomic E-state index is 11.7. The molecule has 0 spiro atoms. The number of hydrogen-bond acceptors (Lipinski definition) is 4. The fourth-order valence-electron chi connectivity index (χ4n) is 2.48. The summed E-state index contributed by atoms with van der Waals surface area (Å²) in [6.45, 7) is 0.873. The van der Waals surface area contributed by atoms with Crippen LogP contribution in [0.1, 0.15) is 28.8 Å². The highest BCUT2D eigenvalue weighted by atomic mass is 32.1. The van der Waals surface area contributed by atoms with Gasteiger partial charge < -0.3 is 16.0 Å². The zero-order valence-corrected chi connectivity index (χ0v) is 12.8. The Balaban J connectivity index is 1.87. The molecular formula is C16H19N3OS. The normalized spacial score (nSPS) is 14.0. The summed E-state index contributed by atoms with van der Waals surface area (Å²) in [6.07, 6.45) is 2.42. The average Bonchev–Trinajstić information content (AvgIpc) is 3.21. The maximum Gasteiger partial charge on any atom is 0.251 e. The summed E-state index contributed by atoms with van der Waals surface area (Å²) in [6, 6.07) is 8.28. The van der Waals surface area contributed by atoms with Crippen LogP contribution in [0.3, 0.4) is 0 Å². The van der Waals surface area contributed by atoms with Gasteiger partial charge in [0.15, 0.2) is 0 Å². The summed E-state index contributed by atoms with van der Waals surface area (Å²) in [7, 11) is 1.62. The SMILES string of the molecule is CNC(=O)c1ccc(N(Cc2ccsc2)C2CC2)c(N)c1. The van der Waals surface area contributed by atoms with E-state index < -0.39 is 0 Å². The van der Waals surface area contributed by atoms with E-state index in [9.17, 15) is 4.79 Å². The number of carbonyl (C=O) groups excluding carboxylic acids is 1. The van der Waals surface area contributed by atoms with Crippen LogP contribution in [0.4, 0.5) is 11.4 Å². The third-order valence-corrected chi connectivity index (χ3v) is 4.48. The number of nitrogen functional groups attached to an aromatic ring is 1. The second-order valence-corrected chi connectivity index (χ2v) is 6.12. The van der Waals surface area contributed by atoms with Crippen molar-refractivity contribution in [1.82, 2.24) is 5.32 Å². The van der Waals surface area contributed by atoms with Crippen molar-refractivity contribution in [2.24, 2.45) is 0 Å². The van der Waals surface area contributed by atoms with Crippen LogP contribution in [0.5, 0.6) is 0 Å². The average molecular weight is 301 g/mol. The molecule has 1 fully saturated rings. The summed E-state index contributed by atoms with van der Waals surface area (Å²) < 4.78 is 0. The van der Waals surface area contributed by atoms with Crippen molar-refractivity contribution in [2.45, 2.75) is 25.4 Å². The predicted octanol–water partition coefficient (Wildman–Crippen LogP) is 2.86. The number of hydrogen-bond donors (Lipinski definition) is 2. The number of benzene rings is 1. The van der Waals surface area contributed by atoms with Gasteiger partial charge >= 0.3 is 0 Å². The van der Waals surface area contributed by atoms with E-state index in [0.29, 0.717) is 17.3 Å². The van der Waals surface area contributed by atoms with Crippen molar-refractivity contribution in [3.63, 3.8) is 0 Å². The van der Waals surface area contributed by atoms with Crippen LogP contribution in [0.2, 0.25) is 0 Å². The Hall–Kier alpha value is -2.01. The summed E-state index contributed by atoms with van der Waals surface area (Å²) in [4.78, 5) is 14.0. The van der Waals surface area contributed by atoms with Crippen LogP contribution in [-0.2, 0) is 6.54 Å². The number of amides is 1. The summed E-state index contributed by atoms with van der Waals surface area (Å²) in [5.74, 6) is -0.107. The second-order valence-electron chi connectivity index (χ2n) is 5.34. The van der Waals surface area contributed by atoms with Gasteiger partial charge in [-0.1, -0.05) is 0 Å². The molecule has 0 aliphatic heterocycles. The molecule has 1 aromatic carbocycles. The number of carbonyl (C=O) groups is 1. The van der Waals surface area contributed by atoms with E-state index >= 15 is 0 Å². The molecule has 0 atom stereocenters. The first-order chi connectivity index (χ1) is 10.2. The minimum absolute atomic E-state index is 0.107. The molecule has 0 unspecified atom stereocenters. The van der Waals surface area contributed by atoms with E-state index in [1.165, 1.54) is 18.4 Å². The molecule has 5 heteroatoms. The molecule has 3 rings (SSSR count). The lowest BCUT2D eigenvalue weighted by Gasteiger charge is -2.26. The highest BCUT2D eigenvalue weighted by Gasteiger charge is 2.30. The third-order valence-electron chi connectivity index (χ3n) is 3.75. The first-order valence-corrected chi connectivity index (χ1v) is 8.02. The Morgan fingerprint density at radius 2 is 2.24 bits per heavy atom. The monoisotopic (exact) mass is 301 g/mol. The number of anilines is 2. The van der Waals surface area contributed by atoms with Crippen LogP contribution in [0, 0.1) is 0 Å². The Morgan fingerprint density at radius 1 is 1.43 bits per heavy atom. The van der Waals surface area contributed by atoms with Gasteiger partial charge in [-0.05, 0) is 53.4 Å². The molecule has 1 aliphatic carbocycles. The van der Waals surface area contributed by atoms with Crippen molar-refractivity contribution < 1.29 is 4.79 Å². The number of rotatable bonds is 5. The van der Waals surface area contributed by atoms with Gasteiger partial charge in [-0.25, -0.2) is 0 Å². The summed E-state index contributed by atoms with van der Waals surface area (Å²) in [5.41, 5.74) is 9.79. The third kappa shape index (κ3) is 3.03. The summed E-state index contributed by atoms with van der Waals surface area (Å²) >= 11 is 1.71. The second kappa shape index (κ2) is 5.77. The lowest BCUT2D eigenvalue weighted by atomic mass is 10.1. The van der Waals surface area contributed by atoms with Gasteiger partial charge in [-0.2, -0.15) is 11.3 Å². The Kier molecular flexibility index (Phi) is 3.84. The minimum Gasteiger partial charge on any atom is -0.397 e. The molecule has 0 bridgehead atoms. The van der Waals surface area contributed by atoms with E-state index in [4.69, 9.17) is 5.73 Å². The fourth-order valence-corrected chi connectivity index (χ4v) is 3.14. The zero-order chi connectivity index (χ0) is 14.8. The molecule has 3 N–H and O–H groups in total. The van der Waals surface area contributed by atoms with Crippen LogP contribution in [0.15, 0.2) is 35.0 Å². The van der Waals surface area contributed by atoms with Crippen molar-refractivity contribution in [3.05, 3.63) is 46.2 Å². The fraction of sp³-hybridized carbons (Fsp3) is 0.312. The number of nitrogens with one attached hydrogen (secondary N) is 1. The molecule has 4 nitrogen and oxygen atoms in total. The largest absolute Gasteiger partial charge is 0.397 e. The lowest BCUT2D eigenvalue weighted by molar-refractivity contribution is 0.0963. The first-order valence-electron chi connectivity index (χ1n) is 7.08. The molecule has 1 aromatic heterocycles. The Bertz CT molecular complexity index is 635. The van der Waals surface area contributed by atoms with Gasteiger partial charge in [-0.15, -0.1) is 0 Å². The number of thiophene rings is 1. The standard InChI is InChI=1S/C16H19N3OS/c1-18-16(20)12-2-5-15(14(17)8-12)19(13-3-4-13)9-11-6-7-21-10-11/h2,5-8,10,13H,3-4,9,17H2,1H3,(H,18,20). The minimum atomic E-state index is -0.107. The molecule has 1 saturated carbocycles. The van der Waals surface area contributed by atoms with Gasteiger partial charge in [0, 0.05) is 25.2 Å². The molecule has 21 heavy (non-hydrogen) atoms. The van der Waals surface area contributed by atoms with Gasteiger partial charge in [0.2, 0.25) is 0 Å². The van der Waals surface area contributed by atoms with Gasteiger partial charge in [0.25, 0.3) is 5.91 Å². The lowest BCUT2D eigenvalue weighted by Crippen LogP contribution is -2.26. The Morgan fingerprint density at radius 3 is 2.81 bits per heavy atom. The molecule has 0 saturated heterocycles. The van der Waals surface area contributed by atoms with E-state index in [1.54, 1.807) is 24.5 Å². The molecule has 110 valence electrons. The van der Waals surface area contributed by atoms with Crippen LogP contribution < -0.4 is 16.0 Å². The predicted molar refractivity (Wildman–Crippen MR) is 87.8 cm³/mol. The summed E-state index contributed by atoms with van der Waals surface area (Å²) in [5, 5.41) is 6.89. The topological polar surface area (TPSA) is 58.4 Å². The van der Waals surface area contributed by atoms with E-state index in [0.717, 1.165) is 12.2 Å². The highest BCUT2D eigenvalue weighted by Crippen LogP contribution is 2.36. The van der Waals surface area contributed by atoms with Crippen LogP contribution in [0.25, 0.3) is 0 Å². The molecule has 1 amide bonds. The highest BCUT2D eigenvalue weighted by molar-refractivity contribution is 7.07. The Labute approximate surface area is 128 Å². The van der Waals surface area contributed by atoms with Crippen molar-refractivity contribution in [1.29, 1.82) is 0 Å². The number of nitrogens with zero attached hydrogens (tertiary/aromatic N) is 1. The van der Waals surface area contributed by atoms with Crippen LogP contribution in [-0.4, -0.2) is 19.0 Å². The zero-order valence-electron chi connectivity index (χ0n) is 12.0. The molecular weight excluding hydrogens is 282 g/mol. The number of nitrogens with two attached hydrogens (primary N) is 1. The first kappa shape index (κ1) is 13.9. The van der Waals surface area contributed by atoms with Gasteiger partial charge in [-0.3, -0.25) is 4.79 Å². The maximum atomic E-state index is 11.7. The van der Waals surface area contributed by atoms with Gasteiger partial charge in [0.1, 0.15) is 0 Å². The quantitative estimate of drug-likeness (QED) is 0.835. The smallest absolute Gasteiger partial charge is 0.251 e. The molecule has 0 radical (unpaired) electrons. The van der Waals surface area contributed by atoms with Crippen LogP contribution >= 0.6 is 11.3 Å². The van der Waals surface area contributed by atoms with Gasteiger partial charge in [0.05, 0.1) is 11.4 Å². The molecule has 1 heterocycles. The molecule has 2 aromatic rings.